The first-order chi connectivity index (χ1) is 9.80. The predicted molar refractivity (Wildman–Crippen MR) is 81.6 cm³/mol. The molecule has 0 saturated heterocycles. The molecule has 0 spiro atoms. The van der Waals surface area contributed by atoms with Crippen molar-refractivity contribution in [3.05, 3.63) is 47.7 Å². The minimum Gasteiger partial charge on any atom is -0.382 e. The Morgan fingerprint density at radius 1 is 1.25 bits per heavy atom. The monoisotopic (exact) mass is 275 g/mol. The predicted octanol–water partition coefficient (Wildman–Crippen LogP) is 3.39. The fourth-order valence-corrected chi connectivity index (χ4v) is 2.86. The third-order valence-electron chi connectivity index (χ3n) is 4.00. The summed E-state index contributed by atoms with van der Waals surface area (Å²) in [6.45, 7) is 3.90. The molecule has 1 aromatic rings. The van der Waals surface area contributed by atoms with Crippen molar-refractivity contribution < 1.29 is 9.47 Å². The quantitative estimate of drug-likeness (QED) is 0.794. The highest BCUT2D eigenvalue weighted by molar-refractivity contribution is 5.22. The molecule has 2 rings (SSSR count). The van der Waals surface area contributed by atoms with Gasteiger partial charge in [-0.2, -0.15) is 0 Å². The lowest BCUT2D eigenvalue weighted by atomic mass is 9.98. The maximum atomic E-state index is 5.56. The number of rotatable bonds is 6. The summed E-state index contributed by atoms with van der Waals surface area (Å²) in [7, 11) is 3.57. The van der Waals surface area contributed by atoms with Crippen molar-refractivity contribution in [3.63, 3.8) is 0 Å². The van der Waals surface area contributed by atoms with E-state index in [1.54, 1.807) is 14.2 Å². The second-order valence-electron chi connectivity index (χ2n) is 5.19. The van der Waals surface area contributed by atoms with Gasteiger partial charge in [0.25, 0.3) is 0 Å². The van der Waals surface area contributed by atoms with Crippen LogP contribution in [0.15, 0.2) is 42.1 Å². The van der Waals surface area contributed by atoms with Crippen LogP contribution in [0, 0.1) is 0 Å². The number of methoxy groups -OCH3 is 2. The molecule has 3 heteroatoms. The van der Waals surface area contributed by atoms with Crippen LogP contribution in [0.25, 0.3) is 0 Å². The van der Waals surface area contributed by atoms with Crippen LogP contribution >= 0.6 is 0 Å². The largest absolute Gasteiger partial charge is 0.382 e. The highest BCUT2D eigenvalue weighted by Crippen LogP contribution is 2.28. The van der Waals surface area contributed by atoms with E-state index in [0.717, 1.165) is 19.4 Å². The van der Waals surface area contributed by atoms with Gasteiger partial charge in [0, 0.05) is 27.0 Å². The molecule has 20 heavy (non-hydrogen) atoms. The van der Waals surface area contributed by atoms with Gasteiger partial charge in [0.1, 0.15) is 0 Å². The van der Waals surface area contributed by atoms with Crippen LogP contribution in [0.5, 0.6) is 0 Å². The number of hydrogen-bond acceptors (Lipinski definition) is 3. The minimum absolute atomic E-state index is 0.273. The summed E-state index contributed by atoms with van der Waals surface area (Å²) in [5.41, 5.74) is 2.67. The maximum absolute atomic E-state index is 5.56. The summed E-state index contributed by atoms with van der Waals surface area (Å²) in [6, 6.07) is 10.9. The van der Waals surface area contributed by atoms with Gasteiger partial charge in [-0.15, -0.1) is 0 Å². The molecule has 1 aromatic carbocycles. The SMILES string of the molecule is CCC1=CN([C@@H](COC)c2ccccc2)CCC1OC. The summed E-state index contributed by atoms with van der Waals surface area (Å²) in [6.07, 6.45) is 4.62. The van der Waals surface area contributed by atoms with E-state index in [4.69, 9.17) is 9.47 Å². The van der Waals surface area contributed by atoms with Crippen LogP contribution in [0.4, 0.5) is 0 Å². The standard InChI is InChI=1S/C17H25NO2/c1-4-14-12-18(11-10-17(14)20-3)16(13-19-2)15-8-6-5-7-9-15/h5-9,12,16-17H,4,10-11,13H2,1-3H3/t16-,17?/m0/s1. The lowest BCUT2D eigenvalue weighted by Gasteiger charge is -2.37. The first-order valence-electron chi connectivity index (χ1n) is 7.33. The average Bonchev–Trinajstić information content (AvgIpc) is 2.52. The van der Waals surface area contributed by atoms with Crippen LogP contribution < -0.4 is 0 Å². The van der Waals surface area contributed by atoms with Crippen molar-refractivity contribution in [2.45, 2.75) is 31.9 Å². The molecule has 1 heterocycles. The summed E-state index contributed by atoms with van der Waals surface area (Å²) in [4.78, 5) is 2.40. The zero-order chi connectivity index (χ0) is 14.4. The van der Waals surface area contributed by atoms with Gasteiger partial charge in [0.15, 0.2) is 0 Å². The van der Waals surface area contributed by atoms with E-state index < -0.39 is 0 Å². The molecule has 0 saturated carbocycles. The van der Waals surface area contributed by atoms with E-state index >= 15 is 0 Å². The fraction of sp³-hybridized carbons (Fsp3) is 0.529. The topological polar surface area (TPSA) is 21.7 Å². The van der Waals surface area contributed by atoms with Crippen molar-refractivity contribution in [2.24, 2.45) is 0 Å². The van der Waals surface area contributed by atoms with E-state index in [2.05, 4.69) is 48.4 Å². The van der Waals surface area contributed by atoms with Crippen molar-refractivity contribution in [1.29, 1.82) is 0 Å². The van der Waals surface area contributed by atoms with Gasteiger partial charge in [-0.3, -0.25) is 0 Å². The molecule has 1 aliphatic rings. The Morgan fingerprint density at radius 2 is 2.00 bits per heavy atom. The third kappa shape index (κ3) is 3.41. The van der Waals surface area contributed by atoms with Crippen LogP contribution in [-0.4, -0.2) is 38.4 Å². The molecule has 1 unspecified atom stereocenters. The summed E-state index contributed by atoms with van der Waals surface area (Å²) in [5, 5.41) is 0. The maximum Gasteiger partial charge on any atom is 0.0814 e. The Morgan fingerprint density at radius 3 is 2.60 bits per heavy atom. The van der Waals surface area contributed by atoms with Crippen molar-refractivity contribution in [1.82, 2.24) is 4.90 Å². The van der Waals surface area contributed by atoms with E-state index in [-0.39, 0.29) is 12.1 Å². The van der Waals surface area contributed by atoms with Crippen LogP contribution in [0.2, 0.25) is 0 Å². The van der Waals surface area contributed by atoms with E-state index in [1.165, 1.54) is 11.1 Å². The molecule has 0 aliphatic carbocycles. The first-order valence-corrected chi connectivity index (χ1v) is 7.33. The number of hydrogen-bond donors (Lipinski definition) is 0. The summed E-state index contributed by atoms with van der Waals surface area (Å²) >= 11 is 0. The van der Waals surface area contributed by atoms with E-state index in [9.17, 15) is 0 Å². The van der Waals surface area contributed by atoms with Crippen molar-refractivity contribution in [2.75, 3.05) is 27.4 Å². The zero-order valence-corrected chi connectivity index (χ0v) is 12.7. The molecule has 0 amide bonds. The van der Waals surface area contributed by atoms with Gasteiger partial charge in [0.05, 0.1) is 18.8 Å². The van der Waals surface area contributed by atoms with Gasteiger partial charge < -0.3 is 14.4 Å². The second-order valence-corrected chi connectivity index (χ2v) is 5.19. The van der Waals surface area contributed by atoms with Gasteiger partial charge in [-0.1, -0.05) is 37.3 Å². The molecule has 0 aromatic heterocycles. The van der Waals surface area contributed by atoms with E-state index in [1.807, 2.05) is 0 Å². The Balaban J connectivity index is 2.22. The molecule has 3 nitrogen and oxygen atoms in total. The summed E-state index contributed by atoms with van der Waals surface area (Å²) in [5.74, 6) is 0. The molecule has 110 valence electrons. The number of nitrogens with zero attached hydrogens (tertiary/aromatic N) is 1. The molecule has 0 bridgehead atoms. The molecule has 0 radical (unpaired) electrons. The first kappa shape index (κ1) is 15.1. The minimum atomic E-state index is 0.273. The number of benzene rings is 1. The van der Waals surface area contributed by atoms with Crippen LogP contribution in [0.1, 0.15) is 31.4 Å². The normalized spacial score (nSPS) is 20.6. The van der Waals surface area contributed by atoms with Gasteiger partial charge >= 0.3 is 0 Å². The molecule has 0 N–H and O–H groups in total. The molecular weight excluding hydrogens is 250 g/mol. The fourth-order valence-electron chi connectivity index (χ4n) is 2.86. The Bertz CT molecular complexity index is 430. The van der Waals surface area contributed by atoms with Crippen molar-refractivity contribution in [3.8, 4) is 0 Å². The highest BCUT2D eigenvalue weighted by Gasteiger charge is 2.25. The smallest absolute Gasteiger partial charge is 0.0814 e. The average molecular weight is 275 g/mol. The van der Waals surface area contributed by atoms with Crippen LogP contribution in [-0.2, 0) is 9.47 Å². The summed E-state index contributed by atoms with van der Waals surface area (Å²) < 4.78 is 11.0. The Kier molecular flexibility index (Phi) is 5.62. The lowest BCUT2D eigenvalue weighted by Crippen LogP contribution is -2.35. The molecule has 1 aliphatic heterocycles. The Hall–Kier alpha value is -1.32. The molecule has 0 fully saturated rings. The highest BCUT2D eigenvalue weighted by atomic mass is 16.5. The third-order valence-corrected chi connectivity index (χ3v) is 4.00. The van der Waals surface area contributed by atoms with Crippen LogP contribution in [0.3, 0.4) is 0 Å². The Labute approximate surface area is 122 Å². The second kappa shape index (κ2) is 7.46. The van der Waals surface area contributed by atoms with Gasteiger partial charge in [0.2, 0.25) is 0 Å². The van der Waals surface area contributed by atoms with Gasteiger partial charge in [-0.25, -0.2) is 0 Å². The molecule has 2 atom stereocenters. The van der Waals surface area contributed by atoms with E-state index in [0.29, 0.717) is 6.61 Å². The van der Waals surface area contributed by atoms with Gasteiger partial charge in [-0.05, 0) is 24.0 Å². The van der Waals surface area contributed by atoms with Crippen molar-refractivity contribution >= 4 is 0 Å². The molecular formula is C17H25NO2. The number of ether oxygens (including phenoxy) is 2. The zero-order valence-electron chi connectivity index (χ0n) is 12.7. The lowest BCUT2D eigenvalue weighted by molar-refractivity contribution is 0.0711.